The molecule has 0 radical (unpaired) electrons. The first kappa shape index (κ1) is 23.0. The fourth-order valence-corrected chi connectivity index (χ4v) is 5.48. The second kappa shape index (κ2) is 8.91. The highest BCUT2D eigenvalue weighted by Gasteiger charge is 2.36. The molecule has 1 aliphatic heterocycles. The highest BCUT2D eigenvalue weighted by atomic mass is 16.2. The summed E-state index contributed by atoms with van der Waals surface area (Å²) in [5.41, 5.74) is 8.43. The van der Waals surface area contributed by atoms with Crippen LogP contribution in [0.1, 0.15) is 33.6 Å². The summed E-state index contributed by atoms with van der Waals surface area (Å²) in [5, 5.41) is 4.44. The van der Waals surface area contributed by atoms with E-state index in [-0.39, 0.29) is 11.8 Å². The summed E-state index contributed by atoms with van der Waals surface area (Å²) < 4.78 is 0. The molecule has 0 bridgehead atoms. The first-order chi connectivity index (χ1) is 17.9. The Bertz CT molecular complexity index is 1720. The van der Waals surface area contributed by atoms with Crippen molar-refractivity contribution in [3.8, 4) is 0 Å². The Morgan fingerprint density at radius 2 is 1.22 bits per heavy atom. The summed E-state index contributed by atoms with van der Waals surface area (Å²) >= 11 is 0. The number of rotatable bonds is 6. The standard InChI is InChI=1S/C31H28N4O2/c1-18-26(21-8-4-6-10-23(21)32-18)28-29(31(37)34-30(28)36)27-22-9-5-7-11-24(22)33-25(27)16-19-12-14-20(15-13-19)17-35(2)3/h4-15,32-33H,16-17H2,1-3H3,(H,34,36,37). The lowest BCUT2D eigenvalue weighted by Crippen LogP contribution is -2.23. The van der Waals surface area contributed by atoms with Gasteiger partial charge in [-0.1, -0.05) is 60.7 Å². The molecule has 0 unspecified atom stereocenters. The summed E-state index contributed by atoms with van der Waals surface area (Å²) in [6.07, 6.45) is 0.609. The van der Waals surface area contributed by atoms with Gasteiger partial charge in [-0.15, -0.1) is 0 Å². The molecule has 2 aromatic heterocycles. The third kappa shape index (κ3) is 3.96. The number of nitrogens with zero attached hydrogens (tertiary/aromatic N) is 1. The monoisotopic (exact) mass is 488 g/mol. The number of hydrogen-bond acceptors (Lipinski definition) is 3. The number of aryl methyl sites for hydroxylation is 1. The fourth-order valence-electron chi connectivity index (χ4n) is 5.48. The molecule has 0 fully saturated rings. The lowest BCUT2D eigenvalue weighted by molar-refractivity contribution is -0.122. The zero-order valence-electron chi connectivity index (χ0n) is 21.1. The van der Waals surface area contributed by atoms with Crippen molar-refractivity contribution in [2.45, 2.75) is 19.9 Å². The molecule has 2 amide bonds. The van der Waals surface area contributed by atoms with Crippen molar-refractivity contribution in [3.63, 3.8) is 0 Å². The minimum Gasteiger partial charge on any atom is -0.358 e. The highest BCUT2D eigenvalue weighted by molar-refractivity contribution is 6.51. The second-order valence-electron chi connectivity index (χ2n) is 9.96. The first-order valence-electron chi connectivity index (χ1n) is 12.4. The molecule has 5 aromatic rings. The molecular formula is C31H28N4O2. The Balaban J connectivity index is 1.55. The Hall–Kier alpha value is -4.42. The van der Waals surface area contributed by atoms with E-state index in [1.807, 2.05) is 55.5 Å². The van der Waals surface area contributed by atoms with Crippen molar-refractivity contribution in [2.24, 2.45) is 0 Å². The molecule has 184 valence electrons. The number of aromatic nitrogens is 2. The van der Waals surface area contributed by atoms with E-state index in [1.165, 1.54) is 5.56 Å². The number of fused-ring (bicyclic) bond motifs is 2. The quantitative estimate of drug-likeness (QED) is 0.288. The summed E-state index contributed by atoms with van der Waals surface area (Å²) in [5.74, 6) is -0.728. The number of hydrogen-bond donors (Lipinski definition) is 3. The van der Waals surface area contributed by atoms with E-state index in [9.17, 15) is 9.59 Å². The van der Waals surface area contributed by atoms with Crippen molar-refractivity contribution in [1.29, 1.82) is 0 Å². The number of H-pyrrole nitrogens is 2. The predicted molar refractivity (Wildman–Crippen MR) is 148 cm³/mol. The van der Waals surface area contributed by atoms with Crippen LogP contribution in [0.5, 0.6) is 0 Å². The van der Waals surface area contributed by atoms with E-state index >= 15 is 0 Å². The average Bonchev–Trinajstić information content (AvgIpc) is 3.48. The van der Waals surface area contributed by atoms with Crippen LogP contribution in [-0.4, -0.2) is 40.8 Å². The van der Waals surface area contributed by atoms with Gasteiger partial charge in [0.2, 0.25) is 0 Å². The Morgan fingerprint density at radius 1 is 0.676 bits per heavy atom. The van der Waals surface area contributed by atoms with Gasteiger partial charge in [0.1, 0.15) is 0 Å². The molecule has 0 saturated heterocycles. The lowest BCUT2D eigenvalue weighted by atomic mass is 9.91. The van der Waals surface area contributed by atoms with Crippen LogP contribution in [0.2, 0.25) is 0 Å². The summed E-state index contributed by atoms with van der Waals surface area (Å²) in [4.78, 5) is 35.8. The molecule has 0 aliphatic carbocycles. The Kier molecular flexibility index (Phi) is 5.54. The third-order valence-corrected chi connectivity index (χ3v) is 7.01. The molecule has 6 nitrogen and oxygen atoms in total. The topological polar surface area (TPSA) is 81.0 Å². The van der Waals surface area contributed by atoms with E-state index in [0.717, 1.165) is 56.4 Å². The van der Waals surface area contributed by atoms with E-state index in [4.69, 9.17) is 0 Å². The molecule has 6 heteroatoms. The fraction of sp³-hybridized carbons (Fsp3) is 0.161. The highest BCUT2D eigenvalue weighted by Crippen LogP contribution is 2.41. The number of nitrogens with one attached hydrogen (secondary N) is 3. The van der Waals surface area contributed by atoms with Crippen molar-refractivity contribution >= 4 is 44.8 Å². The molecule has 0 spiro atoms. The maximum atomic E-state index is 13.4. The molecule has 6 rings (SSSR count). The zero-order chi connectivity index (χ0) is 25.7. The largest absolute Gasteiger partial charge is 0.358 e. The van der Waals surface area contributed by atoms with Crippen LogP contribution in [0.4, 0.5) is 0 Å². The molecule has 0 saturated carbocycles. The van der Waals surface area contributed by atoms with E-state index in [1.54, 1.807) is 0 Å². The summed E-state index contributed by atoms with van der Waals surface area (Å²) in [6.45, 7) is 2.82. The SMILES string of the molecule is Cc1[nH]c2ccccc2c1C1=C(c2c(Cc3ccc(CN(C)C)cc3)[nH]c3ccccc23)C(=O)NC1=O. The predicted octanol–water partition coefficient (Wildman–Crippen LogP) is 5.18. The molecule has 3 heterocycles. The van der Waals surface area contributed by atoms with Crippen molar-refractivity contribution in [3.05, 3.63) is 106 Å². The van der Waals surface area contributed by atoms with Crippen molar-refractivity contribution < 1.29 is 9.59 Å². The van der Waals surface area contributed by atoms with Crippen LogP contribution < -0.4 is 5.32 Å². The van der Waals surface area contributed by atoms with Gasteiger partial charge < -0.3 is 14.9 Å². The van der Waals surface area contributed by atoms with Gasteiger partial charge in [0, 0.05) is 57.3 Å². The van der Waals surface area contributed by atoms with Crippen molar-refractivity contribution in [1.82, 2.24) is 20.2 Å². The number of benzene rings is 3. The van der Waals surface area contributed by atoms with Gasteiger partial charge in [0.05, 0.1) is 11.1 Å². The molecule has 1 aliphatic rings. The number of carbonyl (C=O) groups excluding carboxylic acids is 2. The molecule has 0 atom stereocenters. The third-order valence-electron chi connectivity index (χ3n) is 7.01. The minimum atomic E-state index is -0.364. The summed E-state index contributed by atoms with van der Waals surface area (Å²) in [6, 6.07) is 24.4. The summed E-state index contributed by atoms with van der Waals surface area (Å²) in [7, 11) is 4.11. The van der Waals surface area contributed by atoms with Crippen LogP contribution in [0, 0.1) is 6.92 Å². The maximum absolute atomic E-state index is 13.4. The van der Waals surface area contributed by atoms with Gasteiger partial charge in [-0.25, -0.2) is 0 Å². The molecule has 3 N–H and O–H groups in total. The van der Waals surface area contributed by atoms with Gasteiger partial charge in [0.15, 0.2) is 0 Å². The van der Waals surface area contributed by atoms with Crippen LogP contribution >= 0.6 is 0 Å². The van der Waals surface area contributed by atoms with E-state index < -0.39 is 0 Å². The lowest BCUT2D eigenvalue weighted by Gasteiger charge is -2.11. The van der Waals surface area contributed by atoms with Gasteiger partial charge >= 0.3 is 0 Å². The van der Waals surface area contributed by atoms with Gasteiger partial charge in [0.25, 0.3) is 11.8 Å². The molecular weight excluding hydrogens is 460 g/mol. The average molecular weight is 489 g/mol. The zero-order valence-corrected chi connectivity index (χ0v) is 21.1. The van der Waals surface area contributed by atoms with Gasteiger partial charge in [-0.05, 0) is 44.3 Å². The van der Waals surface area contributed by atoms with Crippen LogP contribution in [0.3, 0.4) is 0 Å². The first-order valence-corrected chi connectivity index (χ1v) is 12.4. The smallest absolute Gasteiger partial charge is 0.259 e. The molecule has 3 aromatic carbocycles. The van der Waals surface area contributed by atoms with E-state index in [0.29, 0.717) is 17.6 Å². The minimum absolute atomic E-state index is 0.364. The van der Waals surface area contributed by atoms with E-state index in [2.05, 4.69) is 58.5 Å². The number of aromatic amines is 2. The number of para-hydroxylation sites is 2. The normalized spacial score (nSPS) is 13.9. The second-order valence-corrected chi connectivity index (χ2v) is 9.96. The number of imide groups is 1. The number of carbonyl (C=O) groups is 2. The Labute approximate surface area is 215 Å². The van der Waals surface area contributed by atoms with Gasteiger partial charge in [-0.3, -0.25) is 14.9 Å². The number of amides is 2. The molecule has 37 heavy (non-hydrogen) atoms. The van der Waals surface area contributed by atoms with Crippen LogP contribution in [0.15, 0.2) is 72.8 Å². The maximum Gasteiger partial charge on any atom is 0.259 e. The van der Waals surface area contributed by atoms with Crippen molar-refractivity contribution in [2.75, 3.05) is 14.1 Å². The van der Waals surface area contributed by atoms with Crippen LogP contribution in [0.25, 0.3) is 33.0 Å². The van der Waals surface area contributed by atoms with Crippen LogP contribution in [-0.2, 0) is 22.6 Å². The van der Waals surface area contributed by atoms with Gasteiger partial charge in [-0.2, -0.15) is 0 Å². The Morgan fingerprint density at radius 3 is 1.86 bits per heavy atom.